The highest BCUT2D eigenvalue weighted by molar-refractivity contribution is 5.95. The van der Waals surface area contributed by atoms with Gasteiger partial charge in [-0.2, -0.15) is 0 Å². The minimum Gasteiger partial charge on any atom is -0.310 e. The maximum Gasteiger partial charge on any atom is 0.0720 e. The molecular weight excluding hydrogens is 759 g/mol. The first-order chi connectivity index (χ1) is 31.3. The van der Waals surface area contributed by atoms with Crippen molar-refractivity contribution in [2.75, 3.05) is 4.90 Å². The molecule has 3 aliphatic rings. The number of nitrogens with zero attached hydrogens (tertiary/aromatic N) is 1. The summed E-state index contributed by atoms with van der Waals surface area (Å²) in [5.41, 5.74) is 23.2. The second kappa shape index (κ2) is 13.8. The van der Waals surface area contributed by atoms with Gasteiger partial charge in [-0.25, -0.2) is 0 Å². The molecule has 0 aromatic heterocycles. The smallest absolute Gasteiger partial charge is 0.0720 e. The molecule has 0 aliphatic heterocycles. The van der Waals surface area contributed by atoms with Crippen molar-refractivity contribution in [2.24, 2.45) is 0 Å². The SMILES string of the molecule is c1ccc(-c2cccc(-c3ccc(N(c4ccccc4)c4ccc5c(c4)-c4ccccc4C54c5ccccc5C5(c6ccccc6-c6ccccc65)c5ccccc54)cc3)c2)cc1. The van der Waals surface area contributed by atoms with Crippen molar-refractivity contribution in [3.05, 3.63) is 293 Å². The van der Waals surface area contributed by atoms with Crippen LogP contribution in [0.1, 0.15) is 44.5 Å². The van der Waals surface area contributed by atoms with Gasteiger partial charge in [0.05, 0.1) is 10.8 Å². The Balaban J connectivity index is 1.00. The molecule has 0 heterocycles. The van der Waals surface area contributed by atoms with Gasteiger partial charge >= 0.3 is 0 Å². The maximum absolute atomic E-state index is 2.45. The largest absolute Gasteiger partial charge is 0.310 e. The molecule has 13 rings (SSSR count). The molecule has 2 spiro atoms. The Morgan fingerprint density at radius 2 is 0.556 bits per heavy atom. The van der Waals surface area contributed by atoms with Crippen LogP contribution in [0, 0.1) is 0 Å². The zero-order valence-electron chi connectivity index (χ0n) is 34.6. The second-order valence-corrected chi connectivity index (χ2v) is 17.1. The molecule has 294 valence electrons. The first kappa shape index (κ1) is 35.7. The Kier molecular flexibility index (Phi) is 7.80. The molecule has 10 aromatic rings. The van der Waals surface area contributed by atoms with Crippen LogP contribution in [0.2, 0.25) is 0 Å². The van der Waals surface area contributed by atoms with Crippen LogP contribution < -0.4 is 4.90 Å². The zero-order chi connectivity index (χ0) is 41.5. The molecule has 63 heavy (non-hydrogen) atoms. The van der Waals surface area contributed by atoms with Crippen LogP contribution in [0.5, 0.6) is 0 Å². The molecule has 10 aromatic carbocycles. The lowest BCUT2D eigenvalue weighted by Gasteiger charge is -2.48. The van der Waals surface area contributed by atoms with Gasteiger partial charge in [0.15, 0.2) is 0 Å². The molecule has 0 N–H and O–H groups in total. The molecule has 1 nitrogen and oxygen atoms in total. The van der Waals surface area contributed by atoms with E-state index in [-0.39, 0.29) is 0 Å². The summed E-state index contributed by atoms with van der Waals surface area (Å²) < 4.78 is 0. The van der Waals surface area contributed by atoms with Crippen molar-refractivity contribution >= 4 is 17.1 Å². The number of fused-ring (bicyclic) bond motifs is 16. The van der Waals surface area contributed by atoms with Crippen LogP contribution >= 0.6 is 0 Å². The van der Waals surface area contributed by atoms with Crippen molar-refractivity contribution in [3.8, 4) is 44.5 Å². The van der Waals surface area contributed by atoms with Gasteiger partial charge in [-0.15, -0.1) is 0 Å². The summed E-state index contributed by atoms with van der Waals surface area (Å²) in [5.74, 6) is 0. The van der Waals surface area contributed by atoms with Crippen molar-refractivity contribution < 1.29 is 0 Å². The standard InChI is InChI=1S/C62H41N/c1-3-18-42(19-4-1)44-20-17-21-45(40-44)43-34-36-47(37-35-43)63(46-22-5-2-6-23-46)48-38-39-56-52(41-48)51-26-9-12-29-55(51)62(56)59-32-15-13-30-57(59)61(58-31-14-16-33-60(58)62)53-27-10-7-24-49(53)50-25-8-11-28-54(50)61/h1-41H. The van der Waals surface area contributed by atoms with Crippen LogP contribution in [0.25, 0.3) is 44.5 Å². The second-order valence-electron chi connectivity index (χ2n) is 17.1. The normalized spacial score (nSPS) is 14.0. The van der Waals surface area contributed by atoms with E-state index in [0.29, 0.717) is 0 Å². The summed E-state index contributed by atoms with van der Waals surface area (Å²) in [6.07, 6.45) is 0. The third kappa shape index (κ3) is 4.94. The zero-order valence-corrected chi connectivity index (χ0v) is 34.6. The van der Waals surface area contributed by atoms with Crippen molar-refractivity contribution in [3.63, 3.8) is 0 Å². The molecule has 0 saturated carbocycles. The fraction of sp³-hybridized carbons (Fsp3) is 0.0323. The number of rotatable bonds is 5. The summed E-state index contributed by atoms with van der Waals surface area (Å²) in [6, 6.07) is 92.6. The Morgan fingerprint density at radius 1 is 0.206 bits per heavy atom. The summed E-state index contributed by atoms with van der Waals surface area (Å²) in [7, 11) is 0. The minimum atomic E-state index is -0.525. The topological polar surface area (TPSA) is 3.24 Å². The Morgan fingerprint density at radius 3 is 1.06 bits per heavy atom. The van der Waals surface area contributed by atoms with Gasteiger partial charge in [-0.3, -0.25) is 0 Å². The van der Waals surface area contributed by atoms with Crippen molar-refractivity contribution in [1.29, 1.82) is 0 Å². The lowest BCUT2D eigenvalue weighted by Crippen LogP contribution is -2.43. The molecule has 0 fully saturated rings. The van der Waals surface area contributed by atoms with Crippen LogP contribution in [0.15, 0.2) is 249 Å². The quantitative estimate of drug-likeness (QED) is 0.168. The Labute approximate surface area is 368 Å². The Bertz CT molecular complexity index is 3300. The molecular formula is C62H41N. The van der Waals surface area contributed by atoms with E-state index in [1.807, 2.05) is 0 Å². The van der Waals surface area contributed by atoms with E-state index in [0.717, 1.165) is 17.1 Å². The summed E-state index contributed by atoms with van der Waals surface area (Å²) in [4.78, 5) is 2.40. The molecule has 0 unspecified atom stereocenters. The van der Waals surface area contributed by atoms with Crippen LogP contribution in [-0.4, -0.2) is 0 Å². The monoisotopic (exact) mass is 799 g/mol. The van der Waals surface area contributed by atoms with E-state index >= 15 is 0 Å². The molecule has 0 bridgehead atoms. The first-order valence-corrected chi connectivity index (χ1v) is 22.0. The predicted molar refractivity (Wildman–Crippen MR) is 260 cm³/mol. The van der Waals surface area contributed by atoms with Gasteiger partial charge in [0.25, 0.3) is 0 Å². The molecule has 1 heteroatoms. The fourth-order valence-corrected chi connectivity index (χ4v) is 11.7. The number of anilines is 3. The molecule has 0 atom stereocenters. The molecule has 3 aliphatic carbocycles. The average molecular weight is 800 g/mol. The van der Waals surface area contributed by atoms with Gasteiger partial charge in [0.2, 0.25) is 0 Å². The maximum atomic E-state index is 2.45. The van der Waals surface area contributed by atoms with Crippen molar-refractivity contribution in [2.45, 2.75) is 10.8 Å². The van der Waals surface area contributed by atoms with E-state index in [9.17, 15) is 0 Å². The van der Waals surface area contributed by atoms with Crippen LogP contribution in [0.3, 0.4) is 0 Å². The lowest BCUT2D eigenvalue weighted by molar-refractivity contribution is 0.633. The lowest BCUT2D eigenvalue weighted by atomic mass is 9.52. The highest BCUT2D eigenvalue weighted by Gasteiger charge is 2.58. The van der Waals surface area contributed by atoms with E-state index in [2.05, 4.69) is 254 Å². The van der Waals surface area contributed by atoms with Crippen LogP contribution in [0.4, 0.5) is 17.1 Å². The summed E-state index contributed by atoms with van der Waals surface area (Å²) in [6.45, 7) is 0. The number of para-hydroxylation sites is 1. The number of hydrogen-bond donors (Lipinski definition) is 0. The van der Waals surface area contributed by atoms with Gasteiger partial charge in [0, 0.05) is 17.1 Å². The molecule has 0 amide bonds. The highest BCUT2D eigenvalue weighted by Crippen LogP contribution is 2.67. The number of hydrogen-bond acceptors (Lipinski definition) is 1. The van der Waals surface area contributed by atoms with Crippen LogP contribution in [-0.2, 0) is 10.8 Å². The highest BCUT2D eigenvalue weighted by atomic mass is 15.1. The first-order valence-electron chi connectivity index (χ1n) is 22.0. The molecule has 0 radical (unpaired) electrons. The third-order valence-corrected chi connectivity index (χ3v) is 14.2. The van der Waals surface area contributed by atoms with E-state index in [1.165, 1.54) is 89.0 Å². The fourth-order valence-electron chi connectivity index (χ4n) is 11.7. The third-order valence-electron chi connectivity index (χ3n) is 14.2. The average Bonchev–Trinajstić information content (AvgIpc) is 3.82. The van der Waals surface area contributed by atoms with Gasteiger partial charge in [0.1, 0.15) is 0 Å². The Hall–Kier alpha value is -8.00. The van der Waals surface area contributed by atoms with E-state index in [4.69, 9.17) is 0 Å². The van der Waals surface area contributed by atoms with Gasteiger partial charge in [-0.05, 0) is 131 Å². The minimum absolute atomic E-state index is 0.456. The van der Waals surface area contributed by atoms with Gasteiger partial charge < -0.3 is 4.90 Å². The van der Waals surface area contributed by atoms with Gasteiger partial charge in [-0.1, -0.05) is 206 Å². The van der Waals surface area contributed by atoms with E-state index < -0.39 is 10.8 Å². The van der Waals surface area contributed by atoms with E-state index in [1.54, 1.807) is 0 Å². The molecule has 0 saturated heterocycles. The summed E-state index contributed by atoms with van der Waals surface area (Å²) >= 11 is 0. The summed E-state index contributed by atoms with van der Waals surface area (Å²) in [5, 5.41) is 0. The number of benzene rings is 10. The predicted octanol–water partition coefficient (Wildman–Crippen LogP) is 15.5. The van der Waals surface area contributed by atoms with Crippen molar-refractivity contribution in [1.82, 2.24) is 0 Å².